The molecule has 0 bridgehead atoms. The summed E-state index contributed by atoms with van der Waals surface area (Å²) in [6.07, 6.45) is 0. The Labute approximate surface area is 135 Å². The fourth-order valence-corrected chi connectivity index (χ4v) is 2.41. The molecule has 0 saturated heterocycles. The van der Waals surface area contributed by atoms with Crippen molar-refractivity contribution in [3.63, 3.8) is 0 Å². The highest BCUT2D eigenvalue weighted by Crippen LogP contribution is 2.27. The average molecular weight is 348 g/mol. The van der Waals surface area contributed by atoms with Crippen molar-refractivity contribution in [2.24, 2.45) is 0 Å². The predicted molar refractivity (Wildman–Crippen MR) is 92.0 cm³/mol. The summed E-state index contributed by atoms with van der Waals surface area (Å²) in [7, 11) is 0. The highest BCUT2D eigenvalue weighted by molar-refractivity contribution is 9.10. The van der Waals surface area contributed by atoms with E-state index < -0.39 is 0 Å². The molecule has 0 atom stereocenters. The third-order valence-corrected chi connectivity index (χ3v) is 3.80. The third kappa shape index (κ3) is 5.18. The molecule has 0 fully saturated rings. The summed E-state index contributed by atoms with van der Waals surface area (Å²) in [5.74, 6) is 1.70. The molecule has 2 aromatic carbocycles. The smallest absolute Gasteiger partial charge is 0.128 e. The van der Waals surface area contributed by atoms with Gasteiger partial charge in [-0.15, -0.1) is 0 Å². The topological polar surface area (TPSA) is 21.3 Å². The van der Waals surface area contributed by atoms with E-state index in [9.17, 15) is 0 Å². The van der Waals surface area contributed by atoms with Crippen LogP contribution in [0, 0.1) is 6.92 Å². The maximum absolute atomic E-state index is 5.89. The van der Waals surface area contributed by atoms with Gasteiger partial charge in [-0.2, -0.15) is 0 Å². The number of rotatable bonds is 4. The van der Waals surface area contributed by atoms with E-state index in [4.69, 9.17) is 4.74 Å². The van der Waals surface area contributed by atoms with Crippen molar-refractivity contribution in [1.82, 2.24) is 5.32 Å². The zero-order valence-electron chi connectivity index (χ0n) is 13.0. The largest absolute Gasteiger partial charge is 0.457 e. The van der Waals surface area contributed by atoms with E-state index in [0.29, 0.717) is 0 Å². The quantitative estimate of drug-likeness (QED) is 0.795. The molecule has 112 valence electrons. The van der Waals surface area contributed by atoms with Gasteiger partial charge in [0, 0.05) is 16.6 Å². The van der Waals surface area contributed by atoms with Crippen LogP contribution in [0.4, 0.5) is 0 Å². The number of aryl methyl sites for hydroxylation is 1. The van der Waals surface area contributed by atoms with E-state index in [1.54, 1.807) is 0 Å². The highest BCUT2D eigenvalue weighted by atomic mass is 79.9. The lowest BCUT2D eigenvalue weighted by Crippen LogP contribution is -2.35. The first-order chi connectivity index (χ1) is 9.83. The number of ether oxygens (including phenoxy) is 1. The maximum atomic E-state index is 5.89. The minimum absolute atomic E-state index is 0.107. The fourth-order valence-electron chi connectivity index (χ4n) is 1.91. The molecule has 0 amide bonds. The van der Waals surface area contributed by atoms with Crippen molar-refractivity contribution in [2.75, 3.05) is 0 Å². The second-order valence-electron chi connectivity index (χ2n) is 6.28. The minimum Gasteiger partial charge on any atom is -0.457 e. The van der Waals surface area contributed by atoms with E-state index >= 15 is 0 Å². The van der Waals surface area contributed by atoms with Crippen LogP contribution >= 0.6 is 15.9 Å². The molecule has 3 heteroatoms. The molecule has 0 heterocycles. The van der Waals surface area contributed by atoms with Crippen molar-refractivity contribution < 1.29 is 4.74 Å². The van der Waals surface area contributed by atoms with Gasteiger partial charge in [0.15, 0.2) is 0 Å². The second-order valence-corrected chi connectivity index (χ2v) is 7.13. The van der Waals surface area contributed by atoms with Crippen LogP contribution in [0.3, 0.4) is 0 Å². The SMILES string of the molecule is Cc1cccc(Oc2ccc(CNC(C)(C)C)c(Br)c2)c1. The van der Waals surface area contributed by atoms with Crippen LogP contribution in [-0.2, 0) is 6.54 Å². The third-order valence-electron chi connectivity index (χ3n) is 3.06. The Bertz CT molecular complexity index is 617. The predicted octanol–water partition coefficient (Wildman–Crippen LogP) is 5.44. The van der Waals surface area contributed by atoms with Crippen LogP contribution < -0.4 is 10.1 Å². The van der Waals surface area contributed by atoms with E-state index in [1.807, 2.05) is 30.3 Å². The summed E-state index contributed by atoms with van der Waals surface area (Å²) in [6.45, 7) is 9.38. The highest BCUT2D eigenvalue weighted by Gasteiger charge is 2.10. The molecular formula is C18H22BrNO. The Hall–Kier alpha value is -1.32. The molecule has 0 radical (unpaired) electrons. The van der Waals surface area contributed by atoms with E-state index in [2.05, 4.69) is 61.1 Å². The zero-order valence-corrected chi connectivity index (χ0v) is 14.6. The second kappa shape index (κ2) is 6.63. The standard InChI is InChI=1S/C18H22BrNO/c1-13-6-5-7-15(10-13)21-16-9-8-14(17(19)11-16)12-20-18(2,3)4/h5-11,20H,12H2,1-4H3. The lowest BCUT2D eigenvalue weighted by molar-refractivity contribution is 0.423. The van der Waals surface area contributed by atoms with Gasteiger partial charge < -0.3 is 10.1 Å². The molecule has 0 aliphatic rings. The lowest BCUT2D eigenvalue weighted by atomic mass is 10.1. The maximum Gasteiger partial charge on any atom is 0.128 e. The molecular weight excluding hydrogens is 326 g/mol. The zero-order chi connectivity index (χ0) is 15.5. The monoisotopic (exact) mass is 347 g/mol. The van der Waals surface area contributed by atoms with Crippen molar-refractivity contribution in [3.05, 3.63) is 58.1 Å². The van der Waals surface area contributed by atoms with Crippen molar-refractivity contribution in [2.45, 2.75) is 39.8 Å². The molecule has 0 aliphatic heterocycles. The summed E-state index contributed by atoms with van der Waals surface area (Å²) >= 11 is 3.62. The van der Waals surface area contributed by atoms with Gasteiger partial charge in [0.1, 0.15) is 11.5 Å². The molecule has 2 aromatic rings. The molecule has 2 nitrogen and oxygen atoms in total. The van der Waals surface area contributed by atoms with E-state index in [1.165, 1.54) is 11.1 Å². The number of halogens is 1. The van der Waals surface area contributed by atoms with Gasteiger partial charge in [0.25, 0.3) is 0 Å². The lowest BCUT2D eigenvalue weighted by Gasteiger charge is -2.21. The van der Waals surface area contributed by atoms with Crippen molar-refractivity contribution in [3.8, 4) is 11.5 Å². The first-order valence-electron chi connectivity index (χ1n) is 7.11. The minimum atomic E-state index is 0.107. The van der Waals surface area contributed by atoms with Crippen LogP contribution in [-0.4, -0.2) is 5.54 Å². The molecule has 0 aliphatic carbocycles. The van der Waals surface area contributed by atoms with Gasteiger partial charge in [-0.3, -0.25) is 0 Å². The summed E-state index contributed by atoms with van der Waals surface area (Å²) in [4.78, 5) is 0. The fraction of sp³-hybridized carbons (Fsp3) is 0.333. The Balaban J connectivity index is 2.08. The number of hydrogen-bond acceptors (Lipinski definition) is 2. The van der Waals surface area contributed by atoms with Crippen LogP contribution in [0.5, 0.6) is 11.5 Å². The summed E-state index contributed by atoms with van der Waals surface area (Å²) < 4.78 is 6.95. The first-order valence-corrected chi connectivity index (χ1v) is 7.91. The van der Waals surface area contributed by atoms with Crippen LogP contribution in [0.15, 0.2) is 46.9 Å². The first kappa shape index (κ1) is 16.1. The van der Waals surface area contributed by atoms with Gasteiger partial charge in [0.05, 0.1) is 0 Å². The number of benzene rings is 2. The van der Waals surface area contributed by atoms with Crippen molar-refractivity contribution >= 4 is 15.9 Å². The molecule has 2 rings (SSSR count). The molecule has 0 unspecified atom stereocenters. The summed E-state index contributed by atoms with van der Waals surface area (Å²) in [5.41, 5.74) is 2.52. The van der Waals surface area contributed by atoms with Crippen LogP contribution in [0.2, 0.25) is 0 Å². The van der Waals surface area contributed by atoms with Gasteiger partial charge in [-0.25, -0.2) is 0 Å². The number of nitrogens with one attached hydrogen (secondary N) is 1. The van der Waals surface area contributed by atoms with Gasteiger partial charge >= 0.3 is 0 Å². The van der Waals surface area contributed by atoms with Crippen LogP contribution in [0.1, 0.15) is 31.9 Å². The van der Waals surface area contributed by atoms with Crippen molar-refractivity contribution in [1.29, 1.82) is 0 Å². The molecule has 0 spiro atoms. The Kier molecular flexibility index (Phi) is 5.07. The summed E-state index contributed by atoms with van der Waals surface area (Å²) in [5, 5.41) is 3.48. The van der Waals surface area contributed by atoms with E-state index in [0.717, 1.165) is 22.5 Å². The Morgan fingerprint density at radius 1 is 1.05 bits per heavy atom. The van der Waals surface area contributed by atoms with Crippen LogP contribution in [0.25, 0.3) is 0 Å². The van der Waals surface area contributed by atoms with Gasteiger partial charge in [0.2, 0.25) is 0 Å². The molecule has 21 heavy (non-hydrogen) atoms. The Morgan fingerprint density at radius 2 is 1.76 bits per heavy atom. The van der Waals surface area contributed by atoms with E-state index in [-0.39, 0.29) is 5.54 Å². The average Bonchev–Trinajstić information content (AvgIpc) is 2.36. The molecule has 0 saturated carbocycles. The molecule has 1 N–H and O–H groups in total. The Morgan fingerprint density at radius 3 is 2.38 bits per heavy atom. The normalized spacial score (nSPS) is 11.5. The van der Waals surface area contributed by atoms with Gasteiger partial charge in [-0.1, -0.05) is 34.1 Å². The summed E-state index contributed by atoms with van der Waals surface area (Å²) in [6, 6.07) is 14.2. The molecule has 0 aromatic heterocycles. The number of hydrogen-bond donors (Lipinski definition) is 1. The van der Waals surface area contributed by atoms with Gasteiger partial charge in [-0.05, 0) is 63.1 Å².